The predicted molar refractivity (Wildman–Crippen MR) is 73.4 cm³/mol. The normalized spacial score (nSPS) is 54.1. The van der Waals surface area contributed by atoms with Crippen LogP contribution in [0.5, 0.6) is 0 Å². The number of esters is 1. The third kappa shape index (κ3) is 1.41. The van der Waals surface area contributed by atoms with Gasteiger partial charge in [0.15, 0.2) is 11.1 Å². The summed E-state index contributed by atoms with van der Waals surface area (Å²) in [7, 11) is 0. The van der Waals surface area contributed by atoms with E-state index in [4.69, 9.17) is 16.3 Å². The first-order chi connectivity index (χ1) is 9.97. The Bertz CT molecular complexity index is 529. The van der Waals surface area contributed by atoms with E-state index in [-0.39, 0.29) is 29.6 Å². The van der Waals surface area contributed by atoms with E-state index in [1.165, 1.54) is 0 Å². The van der Waals surface area contributed by atoms with Crippen LogP contribution in [0.4, 0.5) is 4.39 Å². The lowest BCUT2D eigenvalue weighted by molar-refractivity contribution is -0.224. The SMILES string of the molecule is C[C@@]12OC(=O)[C@]1([C@@H]1[C@H]3CCC[C@@H](F)[C@H]31)NC(=O)[C@@H]2CCCl. The monoisotopic (exact) mass is 315 g/mol. The summed E-state index contributed by atoms with van der Waals surface area (Å²) in [6.45, 7) is 1.81. The third-order valence-electron chi connectivity index (χ3n) is 6.27. The van der Waals surface area contributed by atoms with Crippen molar-refractivity contribution in [3.8, 4) is 0 Å². The largest absolute Gasteiger partial charge is 0.453 e. The van der Waals surface area contributed by atoms with Crippen LogP contribution in [0.1, 0.15) is 32.6 Å². The van der Waals surface area contributed by atoms with Crippen LogP contribution in [0.15, 0.2) is 0 Å². The van der Waals surface area contributed by atoms with E-state index in [2.05, 4.69) is 5.32 Å². The molecule has 4 fully saturated rings. The summed E-state index contributed by atoms with van der Waals surface area (Å²) in [6.07, 6.45) is 1.99. The molecule has 6 heteroatoms. The molecular weight excluding hydrogens is 297 g/mol. The molecule has 116 valence electrons. The van der Waals surface area contributed by atoms with Gasteiger partial charge in [0.05, 0.1) is 5.92 Å². The van der Waals surface area contributed by atoms with Gasteiger partial charge < -0.3 is 10.1 Å². The van der Waals surface area contributed by atoms with E-state index in [9.17, 15) is 14.0 Å². The number of hydrogen-bond donors (Lipinski definition) is 1. The minimum absolute atomic E-state index is 0.0963. The highest BCUT2D eigenvalue weighted by molar-refractivity contribution is 6.18. The molecule has 0 spiro atoms. The number of nitrogens with one attached hydrogen (secondary N) is 1. The molecule has 4 aliphatic rings. The number of fused-ring (bicyclic) bond motifs is 2. The molecule has 1 amide bonds. The molecule has 4 rings (SSSR count). The summed E-state index contributed by atoms with van der Waals surface area (Å²) in [5, 5.41) is 2.89. The molecule has 0 bridgehead atoms. The van der Waals surface area contributed by atoms with Crippen molar-refractivity contribution in [2.45, 2.75) is 49.9 Å². The number of halogens is 2. The highest BCUT2D eigenvalue weighted by Crippen LogP contribution is 2.68. The summed E-state index contributed by atoms with van der Waals surface area (Å²) in [6, 6.07) is 0. The highest BCUT2D eigenvalue weighted by atomic mass is 35.5. The van der Waals surface area contributed by atoms with Crippen LogP contribution in [-0.2, 0) is 14.3 Å². The van der Waals surface area contributed by atoms with E-state index in [0.717, 1.165) is 12.8 Å². The Hall–Kier alpha value is -0.840. The van der Waals surface area contributed by atoms with Gasteiger partial charge in [-0.3, -0.25) is 4.79 Å². The van der Waals surface area contributed by atoms with Crippen LogP contribution in [0.2, 0.25) is 0 Å². The first-order valence-electron chi connectivity index (χ1n) is 7.73. The maximum atomic E-state index is 14.2. The van der Waals surface area contributed by atoms with Crippen molar-refractivity contribution in [2.24, 2.45) is 23.7 Å². The Labute approximate surface area is 127 Å². The van der Waals surface area contributed by atoms with Gasteiger partial charge in [-0.05, 0) is 38.0 Å². The summed E-state index contributed by atoms with van der Waals surface area (Å²) < 4.78 is 19.6. The van der Waals surface area contributed by atoms with E-state index < -0.39 is 23.2 Å². The standard InChI is InChI=1S/C15H19ClFNO3/c1-14-8(5-6-16)12(19)18-15(14,13(20)21-14)11-7-3-2-4-9(17)10(7)11/h7-11H,2-6H2,1H3,(H,18,19)/t7-,8-,9+,10-,11+,14-,15-/m0/s1. The van der Waals surface area contributed by atoms with Crippen molar-refractivity contribution in [2.75, 3.05) is 5.88 Å². The van der Waals surface area contributed by atoms with Crippen LogP contribution in [0.25, 0.3) is 0 Å². The van der Waals surface area contributed by atoms with Crippen molar-refractivity contribution < 1.29 is 18.7 Å². The third-order valence-corrected chi connectivity index (χ3v) is 6.49. The Morgan fingerprint density at radius 1 is 1.43 bits per heavy atom. The number of carbonyl (C=O) groups excluding carboxylic acids is 2. The number of rotatable bonds is 3. The van der Waals surface area contributed by atoms with E-state index in [0.29, 0.717) is 18.7 Å². The second-order valence-corrected chi connectivity index (χ2v) is 7.42. The minimum atomic E-state index is -1.01. The molecule has 4 nitrogen and oxygen atoms in total. The molecule has 2 aliphatic heterocycles. The summed E-state index contributed by atoms with van der Waals surface area (Å²) in [5.41, 5.74) is -1.87. The number of amides is 1. The smallest absolute Gasteiger partial charge is 0.337 e. The predicted octanol–water partition coefficient (Wildman–Crippen LogP) is 1.80. The number of alkyl halides is 2. The zero-order valence-corrected chi connectivity index (χ0v) is 12.7. The Balaban J connectivity index is 1.70. The van der Waals surface area contributed by atoms with Crippen molar-refractivity contribution in [1.82, 2.24) is 5.32 Å². The molecule has 0 aromatic carbocycles. The summed E-state index contributed by atoms with van der Waals surface area (Å²) in [4.78, 5) is 24.6. The van der Waals surface area contributed by atoms with Crippen LogP contribution >= 0.6 is 11.6 Å². The lowest BCUT2D eigenvalue weighted by Gasteiger charge is -2.52. The van der Waals surface area contributed by atoms with Gasteiger partial charge in [-0.2, -0.15) is 0 Å². The molecule has 2 aliphatic carbocycles. The first kappa shape index (κ1) is 13.8. The molecule has 0 unspecified atom stereocenters. The molecular formula is C15H19ClFNO3. The second-order valence-electron chi connectivity index (χ2n) is 7.04. The summed E-state index contributed by atoms with van der Waals surface area (Å²) >= 11 is 5.79. The van der Waals surface area contributed by atoms with Gasteiger partial charge in [0.25, 0.3) is 0 Å². The van der Waals surface area contributed by atoms with Crippen LogP contribution in [-0.4, -0.2) is 35.1 Å². The zero-order valence-electron chi connectivity index (χ0n) is 11.9. The Morgan fingerprint density at radius 2 is 2.19 bits per heavy atom. The van der Waals surface area contributed by atoms with Gasteiger partial charge in [0.2, 0.25) is 5.91 Å². The molecule has 2 heterocycles. The fraction of sp³-hybridized carbons (Fsp3) is 0.867. The van der Waals surface area contributed by atoms with Gasteiger partial charge in [-0.15, -0.1) is 11.6 Å². The number of ether oxygens (including phenoxy) is 1. The molecule has 2 saturated carbocycles. The van der Waals surface area contributed by atoms with Crippen LogP contribution in [0, 0.1) is 23.7 Å². The molecule has 7 atom stereocenters. The molecule has 0 aromatic rings. The maximum Gasteiger partial charge on any atom is 0.337 e. The van der Waals surface area contributed by atoms with Gasteiger partial charge >= 0.3 is 5.97 Å². The van der Waals surface area contributed by atoms with Gasteiger partial charge in [-0.1, -0.05) is 6.42 Å². The molecule has 1 N–H and O–H groups in total. The van der Waals surface area contributed by atoms with Crippen molar-refractivity contribution in [3.63, 3.8) is 0 Å². The molecule has 0 aromatic heterocycles. The minimum Gasteiger partial charge on any atom is -0.453 e. The lowest BCUT2D eigenvalue weighted by Crippen LogP contribution is -2.76. The zero-order chi connectivity index (χ0) is 15.0. The number of hydrogen-bond acceptors (Lipinski definition) is 3. The van der Waals surface area contributed by atoms with Crippen LogP contribution < -0.4 is 5.32 Å². The molecule has 21 heavy (non-hydrogen) atoms. The Kier molecular flexibility index (Phi) is 2.71. The fourth-order valence-electron chi connectivity index (χ4n) is 5.24. The second kappa shape index (κ2) is 4.12. The maximum absolute atomic E-state index is 14.2. The van der Waals surface area contributed by atoms with Gasteiger partial charge in [0.1, 0.15) is 6.17 Å². The molecule has 0 radical (unpaired) electrons. The quantitative estimate of drug-likeness (QED) is 0.638. The average Bonchev–Trinajstić information content (AvgIpc) is 3.13. The van der Waals surface area contributed by atoms with Gasteiger partial charge in [0, 0.05) is 11.8 Å². The van der Waals surface area contributed by atoms with E-state index >= 15 is 0 Å². The summed E-state index contributed by atoms with van der Waals surface area (Å²) in [5.74, 6) is -0.647. The lowest BCUT2D eigenvalue weighted by atomic mass is 9.67. The number of carbonyl (C=O) groups is 2. The Morgan fingerprint density at radius 3 is 2.81 bits per heavy atom. The van der Waals surface area contributed by atoms with E-state index in [1.54, 1.807) is 6.92 Å². The topological polar surface area (TPSA) is 55.4 Å². The van der Waals surface area contributed by atoms with Crippen LogP contribution in [0.3, 0.4) is 0 Å². The van der Waals surface area contributed by atoms with Crippen molar-refractivity contribution >= 4 is 23.5 Å². The fourth-order valence-corrected chi connectivity index (χ4v) is 5.46. The van der Waals surface area contributed by atoms with Crippen molar-refractivity contribution in [1.29, 1.82) is 0 Å². The molecule has 2 saturated heterocycles. The highest BCUT2D eigenvalue weighted by Gasteiger charge is 2.84. The average molecular weight is 316 g/mol. The van der Waals surface area contributed by atoms with E-state index in [1.807, 2.05) is 0 Å². The van der Waals surface area contributed by atoms with Gasteiger partial charge in [-0.25, -0.2) is 9.18 Å². The first-order valence-corrected chi connectivity index (χ1v) is 8.26. The van der Waals surface area contributed by atoms with Crippen molar-refractivity contribution in [3.05, 3.63) is 0 Å².